The zero-order valence-corrected chi connectivity index (χ0v) is 13.3. The summed E-state index contributed by atoms with van der Waals surface area (Å²) in [4.78, 5) is 10.4. The maximum atomic E-state index is 12.2. The van der Waals surface area contributed by atoms with Crippen LogP contribution in [0.1, 0.15) is 5.56 Å². The van der Waals surface area contributed by atoms with Gasteiger partial charge in [0.25, 0.3) is 15.7 Å². The van der Waals surface area contributed by atoms with Gasteiger partial charge in [0.05, 0.1) is 20.0 Å². The number of nitrogens with zero attached hydrogens (tertiary/aromatic N) is 1. The van der Waals surface area contributed by atoms with Crippen LogP contribution in [0.4, 0.5) is 11.4 Å². The average Bonchev–Trinajstić information content (AvgIpc) is 2.41. The van der Waals surface area contributed by atoms with Crippen LogP contribution >= 0.6 is 15.9 Å². The Kier molecular flexibility index (Phi) is 4.29. The highest BCUT2D eigenvalue weighted by Crippen LogP contribution is 2.28. The largest absolute Gasteiger partial charge is 0.285 e. The fourth-order valence-corrected chi connectivity index (χ4v) is 3.09. The molecule has 0 fully saturated rings. The Balaban J connectivity index is 2.35. The van der Waals surface area contributed by atoms with Crippen molar-refractivity contribution in [2.24, 2.45) is 0 Å². The Labute approximate surface area is 130 Å². The van der Waals surface area contributed by atoms with Crippen molar-refractivity contribution in [3.8, 4) is 0 Å². The predicted molar refractivity (Wildman–Crippen MR) is 82.8 cm³/mol. The molecule has 0 saturated heterocycles. The topological polar surface area (TPSA) is 89.3 Å². The SMILES string of the molecule is Cc1ccc(S(=O)(=O)Nc2ccc(Br)c([N+](=O)[O-])c2)cc1. The molecule has 110 valence electrons. The number of anilines is 1. The molecule has 0 aliphatic carbocycles. The summed E-state index contributed by atoms with van der Waals surface area (Å²) >= 11 is 3.04. The van der Waals surface area contributed by atoms with Gasteiger partial charge in [0.15, 0.2) is 0 Å². The van der Waals surface area contributed by atoms with E-state index in [1.54, 1.807) is 12.1 Å². The molecular weight excluding hydrogens is 360 g/mol. The van der Waals surface area contributed by atoms with E-state index in [0.29, 0.717) is 0 Å². The van der Waals surface area contributed by atoms with E-state index in [1.165, 1.54) is 24.3 Å². The van der Waals surface area contributed by atoms with E-state index in [2.05, 4.69) is 20.7 Å². The minimum atomic E-state index is -3.77. The first-order valence-corrected chi connectivity index (χ1v) is 8.10. The zero-order chi connectivity index (χ0) is 15.6. The number of nitro benzene ring substituents is 1. The summed E-state index contributed by atoms with van der Waals surface area (Å²) < 4.78 is 27.0. The molecule has 2 rings (SSSR count). The molecule has 8 heteroatoms. The van der Waals surface area contributed by atoms with E-state index in [1.807, 2.05) is 6.92 Å². The lowest BCUT2D eigenvalue weighted by molar-refractivity contribution is -0.385. The normalized spacial score (nSPS) is 11.1. The van der Waals surface area contributed by atoms with Crippen LogP contribution in [0.2, 0.25) is 0 Å². The van der Waals surface area contributed by atoms with Gasteiger partial charge in [-0.15, -0.1) is 0 Å². The Morgan fingerprint density at radius 1 is 1.14 bits per heavy atom. The molecule has 1 N–H and O–H groups in total. The molecule has 0 amide bonds. The van der Waals surface area contributed by atoms with Crippen LogP contribution in [0.15, 0.2) is 51.8 Å². The average molecular weight is 371 g/mol. The van der Waals surface area contributed by atoms with Gasteiger partial charge in [-0.05, 0) is 47.1 Å². The number of hydrogen-bond acceptors (Lipinski definition) is 4. The van der Waals surface area contributed by atoms with E-state index >= 15 is 0 Å². The van der Waals surface area contributed by atoms with Crippen LogP contribution in [0, 0.1) is 17.0 Å². The van der Waals surface area contributed by atoms with Crippen LogP contribution < -0.4 is 4.72 Å². The third kappa shape index (κ3) is 3.59. The number of aryl methyl sites for hydroxylation is 1. The van der Waals surface area contributed by atoms with Gasteiger partial charge in [-0.1, -0.05) is 17.7 Å². The Morgan fingerprint density at radius 3 is 2.33 bits per heavy atom. The number of rotatable bonds is 4. The summed E-state index contributed by atoms with van der Waals surface area (Å²) in [6, 6.07) is 10.3. The highest BCUT2D eigenvalue weighted by atomic mass is 79.9. The van der Waals surface area contributed by atoms with Crippen molar-refractivity contribution < 1.29 is 13.3 Å². The van der Waals surface area contributed by atoms with Crippen molar-refractivity contribution in [2.75, 3.05) is 4.72 Å². The van der Waals surface area contributed by atoms with Crippen molar-refractivity contribution in [1.82, 2.24) is 0 Å². The van der Waals surface area contributed by atoms with E-state index in [9.17, 15) is 18.5 Å². The van der Waals surface area contributed by atoms with Crippen LogP contribution in [-0.2, 0) is 10.0 Å². The van der Waals surface area contributed by atoms with Crippen molar-refractivity contribution >= 4 is 37.3 Å². The summed E-state index contributed by atoms with van der Waals surface area (Å²) in [5.74, 6) is 0. The number of nitrogens with one attached hydrogen (secondary N) is 1. The molecule has 0 saturated carbocycles. The number of halogens is 1. The second kappa shape index (κ2) is 5.82. The quantitative estimate of drug-likeness (QED) is 0.658. The van der Waals surface area contributed by atoms with E-state index in [0.717, 1.165) is 11.6 Å². The van der Waals surface area contributed by atoms with Crippen molar-refractivity contribution in [3.05, 3.63) is 62.6 Å². The molecule has 0 atom stereocenters. The minimum Gasteiger partial charge on any atom is -0.279 e. The lowest BCUT2D eigenvalue weighted by atomic mass is 10.2. The maximum Gasteiger partial charge on any atom is 0.285 e. The molecule has 0 bridgehead atoms. The molecule has 0 aromatic heterocycles. The smallest absolute Gasteiger partial charge is 0.279 e. The van der Waals surface area contributed by atoms with Gasteiger partial charge in [-0.25, -0.2) is 8.42 Å². The van der Waals surface area contributed by atoms with Gasteiger partial charge < -0.3 is 0 Å². The van der Waals surface area contributed by atoms with E-state index < -0.39 is 14.9 Å². The summed E-state index contributed by atoms with van der Waals surface area (Å²) in [6.07, 6.45) is 0. The van der Waals surface area contributed by atoms with Crippen LogP contribution in [0.5, 0.6) is 0 Å². The molecule has 0 aliphatic rings. The third-order valence-electron chi connectivity index (χ3n) is 2.73. The van der Waals surface area contributed by atoms with Crippen molar-refractivity contribution in [1.29, 1.82) is 0 Å². The third-order valence-corrected chi connectivity index (χ3v) is 4.79. The van der Waals surface area contributed by atoms with Gasteiger partial charge >= 0.3 is 0 Å². The molecule has 0 unspecified atom stereocenters. The summed E-state index contributed by atoms with van der Waals surface area (Å²) in [5, 5.41) is 10.8. The Bertz CT molecular complexity index is 788. The first-order chi connectivity index (χ1) is 9.79. The minimum absolute atomic E-state index is 0.0960. The molecular formula is C13H11BrN2O4S. The van der Waals surface area contributed by atoms with Crippen LogP contribution in [0.3, 0.4) is 0 Å². The highest BCUT2D eigenvalue weighted by Gasteiger charge is 2.17. The van der Waals surface area contributed by atoms with E-state index in [-0.39, 0.29) is 20.7 Å². The number of benzene rings is 2. The second-order valence-electron chi connectivity index (χ2n) is 4.34. The Morgan fingerprint density at radius 2 is 1.76 bits per heavy atom. The van der Waals surface area contributed by atoms with Gasteiger partial charge in [0.1, 0.15) is 0 Å². The first kappa shape index (κ1) is 15.5. The molecule has 0 radical (unpaired) electrons. The monoisotopic (exact) mass is 370 g/mol. The van der Waals surface area contributed by atoms with Crippen molar-refractivity contribution in [2.45, 2.75) is 11.8 Å². The summed E-state index contributed by atoms with van der Waals surface area (Å²) in [7, 11) is -3.77. The van der Waals surface area contributed by atoms with Crippen molar-refractivity contribution in [3.63, 3.8) is 0 Å². The standard InChI is InChI=1S/C13H11BrN2O4S/c1-9-2-5-11(6-3-9)21(19,20)15-10-4-7-12(14)13(8-10)16(17)18/h2-8,15H,1H3. The summed E-state index contributed by atoms with van der Waals surface area (Å²) in [5.41, 5.74) is 0.859. The fourth-order valence-electron chi connectivity index (χ4n) is 1.65. The molecule has 0 aliphatic heterocycles. The molecule has 0 heterocycles. The molecule has 0 spiro atoms. The second-order valence-corrected chi connectivity index (χ2v) is 6.88. The fraction of sp³-hybridized carbons (Fsp3) is 0.0769. The van der Waals surface area contributed by atoms with Gasteiger partial charge in [0.2, 0.25) is 0 Å². The lowest BCUT2D eigenvalue weighted by Gasteiger charge is -2.08. The molecule has 6 nitrogen and oxygen atoms in total. The molecule has 2 aromatic carbocycles. The first-order valence-electron chi connectivity index (χ1n) is 5.83. The molecule has 21 heavy (non-hydrogen) atoms. The number of nitro groups is 1. The van der Waals surface area contributed by atoms with E-state index in [4.69, 9.17) is 0 Å². The van der Waals surface area contributed by atoms with Crippen LogP contribution in [0.25, 0.3) is 0 Å². The maximum absolute atomic E-state index is 12.2. The highest BCUT2D eigenvalue weighted by molar-refractivity contribution is 9.10. The van der Waals surface area contributed by atoms with Gasteiger partial charge in [-0.3, -0.25) is 14.8 Å². The number of hydrogen-bond donors (Lipinski definition) is 1. The Hall–Kier alpha value is -1.93. The number of sulfonamides is 1. The lowest BCUT2D eigenvalue weighted by Crippen LogP contribution is -2.13. The predicted octanol–water partition coefficient (Wildman–Crippen LogP) is 3.47. The van der Waals surface area contributed by atoms with Gasteiger partial charge in [0, 0.05) is 6.07 Å². The van der Waals surface area contributed by atoms with Crippen LogP contribution in [-0.4, -0.2) is 13.3 Å². The molecule has 2 aromatic rings. The zero-order valence-electron chi connectivity index (χ0n) is 10.9. The summed E-state index contributed by atoms with van der Waals surface area (Å²) in [6.45, 7) is 1.85. The van der Waals surface area contributed by atoms with Gasteiger partial charge in [-0.2, -0.15) is 0 Å².